The predicted octanol–water partition coefficient (Wildman–Crippen LogP) is 2.42. The highest BCUT2D eigenvalue weighted by molar-refractivity contribution is 5.86. The third-order valence-electron chi connectivity index (χ3n) is 1.22. The molecule has 0 aromatic rings. The summed E-state index contributed by atoms with van der Waals surface area (Å²) in [4.78, 5) is 10.4. The van der Waals surface area contributed by atoms with Gasteiger partial charge in [0.1, 0.15) is 0 Å². The molecule has 0 unspecified atom stereocenters. The molecule has 0 saturated carbocycles. The van der Waals surface area contributed by atoms with Crippen molar-refractivity contribution in [3.63, 3.8) is 0 Å². The lowest BCUT2D eigenvalue weighted by Gasteiger charge is -2.12. The molecule has 0 amide bonds. The molecule has 0 aromatic heterocycles. The molecule has 0 atom stereocenters. The number of rotatable bonds is 5. The van der Waals surface area contributed by atoms with Crippen LogP contribution >= 0.6 is 0 Å². The number of allylic oxidation sites excluding steroid dienone is 1. The maximum atomic E-state index is 12.1. The van der Waals surface area contributed by atoms with Crippen molar-refractivity contribution in [1.29, 1.82) is 0 Å². The van der Waals surface area contributed by atoms with Crippen molar-refractivity contribution >= 4 is 5.78 Å². The van der Waals surface area contributed by atoms with Gasteiger partial charge in [-0.15, -0.1) is 6.58 Å². The number of hydrogen-bond acceptors (Lipinski definition) is 1. The van der Waals surface area contributed by atoms with E-state index in [9.17, 15) is 22.4 Å². The van der Waals surface area contributed by atoms with Crippen LogP contribution in [0, 0.1) is 0 Å². The van der Waals surface area contributed by atoms with Crippen LogP contribution in [0.2, 0.25) is 0 Å². The molecule has 0 aliphatic carbocycles. The Morgan fingerprint density at radius 3 is 2.33 bits per heavy atom. The number of carbonyl (C=O) groups excluding carboxylic acids is 1. The highest BCUT2D eigenvalue weighted by Gasteiger charge is 2.47. The average Bonchev–Trinajstić information content (AvgIpc) is 1.99. The van der Waals surface area contributed by atoms with Gasteiger partial charge in [0.25, 0.3) is 0 Å². The minimum atomic E-state index is -4.51. The number of hydrogen-bond donors (Lipinski definition) is 0. The fraction of sp³-hybridized carbons (Fsp3) is 0.571. The molecule has 0 N–H and O–H groups in total. The van der Waals surface area contributed by atoms with E-state index in [0.717, 1.165) is 0 Å². The van der Waals surface area contributed by atoms with Gasteiger partial charge in [0.05, 0.1) is 0 Å². The van der Waals surface area contributed by atoms with Crippen molar-refractivity contribution in [3.05, 3.63) is 12.7 Å². The van der Waals surface area contributed by atoms with Gasteiger partial charge in [-0.1, -0.05) is 6.08 Å². The van der Waals surface area contributed by atoms with Crippen LogP contribution in [0.1, 0.15) is 12.8 Å². The molecule has 0 aliphatic rings. The average molecular weight is 184 g/mol. The van der Waals surface area contributed by atoms with Gasteiger partial charge in [0.15, 0.2) is 0 Å². The lowest BCUT2D eigenvalue weighted by Crippen LogP contribution is -2.36. The third kappa shape index (κ3) is 2.64. The third-order valence-corrected chi connectivity index (χ3v) is 1.22. The number of alkyl halides is 4. The maximum Gasteiger partial charge on any atom is 0.364 e. The second kappa shape index (κ2) is 4.23. The highest BCUT2D eigenvalue weighted by atomic mass is 19.3. The quantitative estimate of drug-likeness (QED) is 0.473. The number of Topliss-reactive ketones (excluding diaryl/α,β-unsaturated/α-hetero) is 1. The molecule has 0 heterocycles. The van der Waals surface area contributed by atoms with Gasteiger partial charge in [0, 0.05) is 6.42 Å². The molecule has 0 radical (unpaired) electrons. The Kier molecular flexibility index (Phi) is 3.92. The van der Waals surface area contributed by atoms with E-state index in [2.05, 4.69) is 6.58 Å². The van der Waals surface area contributed by atoms with Crippen LogP contribution in [0.4, 0.5) is 17.6 Å². The van der Waals surface area contributed by atoms with Gasteiger partial charge >= 0.3 is 12.3 Å². The Labute approximate surface area is 67.1 Å². The Hall–Kier alpha value is -0.870. The molecule has 12 heavy (non-hydrogen) atoms. The van der Waals surface area contributed by atoms with Crippen molar-refractivity contribution in [2.24, 2.45) is 0 Å². The summed E-state index contributed by atoms with van der Waals surface area (Å²) < 4.78 is 47.2. The minimum absolute atomic E-state index is 0.0128. The minimum Gasteiger partial charge on any atom is -0.293 e. The Balaban J connectivity index is 4.15. The van der Waals surface area contributed by atoms with Gasteiger partial charge in [-0.05, 0) is 6.42 Å². The zero-order valence-electron chi connectivity index (χ0n) is 6.20. The van der Waals surface area contributed by atoms with Crippen LogP contribution in [0.3, 0.4) is 0 Å². The zero-order chi connectivity index (χ0) is 9.78. The number of ketones is 1. The Bertz CT molecular complexity index is 176. The van der Waals surface area contributed by atoms with Gasteiger partial charge in [-0.25, -0.2) is 8.78 Å². The van der Waals surface area contributed by atoms with Crippen LogP contribution in [0.25, 0.3) is 0 Å². The Morgan fingerprint density at radius 1 is 1.50 bits per heavy atom. The summed E-state index contributed by atoms with van der Waals surface area (Å²) in [6, 6.07) is 0. The van der Waals surface area contributed by atoms with Crippen molar-refractivity contribution in [2.45, 2.75) is 25.2 Å². The molecule has 0 spiro atoms. The summed E-state index contributed by atoms with van der Waals surface area (Å²) in [5.74, 6) is -6.25. The first kappa shape index (κ1) is 11.1. The summed E-state index contributed by atoms with van der Waals surface area (Å²) in [6.45, 7) is 3.17. The summed E-state index contributed by atoms with van der Waals surface area (Å²) in [6.07, 6.45) is -3.31. The molecule has 0 bridgehead atoms. The molecule has 0 rings (SSSR count). The van der Waals surface area contributed by atoms with E-state index in [-0.39, 0.29) is 6.42 Å². The monoisotopic (exact) mass is 184 g/mol. The molecule has 0 aliphatic heterocycles. The van der Waals surface area contributed by atoms with E-state index in [1.807, 2.05) is 0 Å². The standard InChI is InChI=1S/C7H8F4O/c1-2-3-4-5(12)7(10,11)6(8)9/h2,6H,1,3-4H2. The van der Waals surface area contributed by atoms with Crippen molar-refractivity contribution in [1.82, 2.24) is 0 Å². The second-order valence-electron chi connectivity index (χ2n) is 2.17. The number of carbonyl (C=O) groups is 1. The summed E-state index contributed by atoms with van der Waals surface area (Å²) >= 11 is 0. The van der Waals surface area contributed by atoms with Crippen molar-refractivity contribution in [2.75, 3.05) is 0 Å². The molecule has 1 nitrogen and oxygen atoms in total. The molecule has 0 saturated heterocycles. The van der Waals surface area contributed by atoms with Crippen molar-refractivity contribution in [3.8, 4) is 0 Å². The molecule has 5 heteroatoms. The predicted molar refractivity (Wildman–Crippen MR) is 35.4 cm³/mol. The fourth-order valence-electron chi connectivity index (χ4n) is 0.522. The normalized spacial score (nSPS) is 11.8. The van der Waals surface area contributed by atoms with E-state index in [1.165, 1.54) is 6.08 Å². The van der Waals surface area contributed by atoms with E-state index < -0.39 is 24.6 Å². The zero-order valence-corrected chi connectivity index (χ0v) is 6.20. The lowest BCUT2D eigenvalue weighted by atomic mass is 10.1. The van der Waals surface area contributed by atoms with Crippen LogP contribution in [-0.2, 0) is 4.79 Å². The van der Waals surface area contributed by atoms with Crippen molar-refractivity contribution < 1.29 is 22.4 Å². The van der Waals surface area contributed by atoms with Crippen LogP contribution < -0.4 is 0 Å². The van der Waals surface area contributed by atoms with E-state index in [1.54, 1.807) is 0 Å². The molecular formula is C7H8F4O. The first-order chi connectivity index (χ1) is 5.42. The Morgan fingerprint density at radius 2 is 2.00 bits per heavy atom. The molecule has 0 aromatic carbocycles. The topological polar surface area (TPSA) is 17.1 Å². The van der Waals surface area contributed by atoms with E-state index in [4.69, 9.17) is 0 Å². The van der Waals surface area contributed by atoms with Gasteiger partial charge in [-0.2, -0.15) is 8.78 Å². The fourth-order valence-corrected chi connectivity index (χ4v) is 0.522. The largest absolute Gasteiger partial charge is 0.364 e. The SMILES string of the molecule is C=CCCC(=O)C(F)(F)C(F)F. The lowest BCUT2D eigenvalue weighted by molar-refractivity contribution is -0.166. The highest BCUT2D eigenvalue weighted by Crippen LogP contribution is 2.25. The van der Waals surface area contributed by atoms with E-state index >= 15 is 0 Å². The molecule has 0 fully saturated rings. The second-order valence-corrected chi connectivity index (χ2v) is 2.17. The number of halogens is 4. The molecular weight excluding hydrogens is 176 g/mol. The summed E-state index contributed by atoms with van der Waals surface area (Å²) in [5, 5.41) is 0. The van der Waals surface area contributed by atoms with Crippen LogP contribution in [0.5, 0.6) is 0 Å². The first-order valence-electron chi connectivity index (χ1n) is 3.23. The maximum absolute atomic E-state index is 12.1. The summed E-state index contributed by atoms with van der Waals surface area (Å²) in [5.41, 5.74) is 0. The van der Waals surface area contributed by atoms with Crippen LogP contribution in [-0.4, -0.2) is 18.1 Å². The molecule has 70 valence electrons. The van der Waals surface area contributed by atoms with Gasteiger partial charge in [-0.3, -0.25) is 4.79 Å². The smallest absolute Gasteiger partial charge is 0.293 e. The van der Waals surface area contributed by atoms with Gasteiger partial charge < -0.3 is 0 Å². The summed E-state index contributed by atoms with van der Waals surface area (Å²) in [7, 11) is 0. The van der Waals surface area contributed by atoms with Crippen LogP contribution in [0.15, 0.2) is 12.7 Å². The van der Waals surface area contributed by atoms with Gasteiger partial charge in [0.2, 0.25) is 5.78 Å². The van der Waals surface area contributed by atoms with E-state index in [0.29, 0.717) is 0 Å². The first-order valence-corrected chi connectivity index (χ1v) is 3.23.